The number of hydrogen-bond donors (Lipinski definition) is 0. The molecule has 2 fully saturated rings. The van der Waals surface area contributed by atoms with E-state index in [0.29, 0.717) is 0 Å². The van der Waals surface area contributed by atoms with E-state index in [1.165, 1.54) is 19.2 Å². The Morgan fingerprint density at radius 3 is 2.74 bits per heavy atom. The average molecular weight is 264 g/mol. The van der Waals surface area contributed by atoms with E-state index in [1.54, 1.807) is 12.1 Å². The van der Waals surface area contributed by atoms with Gasteiger partial charge in [0.25, 0.3) is 0 Å². The lowest BCUT2D eigenvalue weighted by Gasteiger charge is -2.35. The Kier molecular flexibility index (Phi) is 3.27. The van der Waals surface area contributed by atoms with Crippen LogP contribution in [0, 0.1) is 11.7 Å². The van der Waals surface area contributed by atoms with Crippen LogP contribution in [0.15, 0.2) is 24.3 Å². The summed E-state index contributed by atoms with van der Waals surface area (Å²) in [6.07, 6.45) is 2.88. The summed E-state index contributed by atoms with van der Waals surface area (Å²) in [7, 11) is 1.41. The second kappa shape index (κ2) is 4.93. The van der Waals surface area contributed by atoms with Gasteiger partial charge in [-0.1, -0.05) is 12.1 Å². The fourth-order valence-electron chi connectivity index (χ4n) is 3.37. The minimum Gasteiger partial charge on any atom is -0.469 e. The van der Waals surface area contributed by atoms with Gasteiger partial charge >= 0.3 is 5.97 Å². The Bertz CT molecular complexity index is 471. The van der Waals surface area contributed by atoms with Crippen LogP contribution in [0.3, 0.4) is 0 Å². The monoisotopic (exact) mass is 264 g/mol. The quantitative estimate of drug-likeness (QED) is 0.770. The normalized spacial score (nSPS) is 33.2. The first-order chi connectivity index (χ1) is 9.19. The number of benzene rings is 1. The van der Waals surface area contributed by atoms with Crippen molar-refractivity contribution >= 4 is 5.97 Å². The summed E-state index contributed by atoms with van der Waals surface area (Å²) in [4.78, 5) is 12.0. The molecule has 2 saturated heterocycles. The standard InChI is InChI=1S/C15H17FO3/c1-18-15(17)14-12(8-11-6-7-13(14)19-11)9-2-4-10(16)5-3-9/h2-5,11-14H,6-8H2,1H3/t11?,12-,13+,14+/m1/s1. The van der Waals surface area contributed by atoms with Crippen LogP contribution >= 0.6 is 0 Å². The van der Waals surface area contributed by atoms with Crippen LogP contribution in [-0.4, -0.2) is 25.3 Å². The summed E-state index contributed by atoms with van der Waals surface area (Å²) >= 11 is 0. The van der Waals surface area contributed by atoms with E-state index < -0.39 is 0 Å². The molecular formula is C15H17FO3. The summed E-state index contributed by atoms with van der Waals surface area (Å²) in [5.74, 6) is -0.679. The van der Waals surface area contributed by atoms with Crippen molar-refractivity contribution in [3.8, 4) is 0 Å². The molecule has 0 amide bonds. The number of hydrogen-bond acceptors (Lipinski definition) is 3. The zero-order valence-electron chi connectivity index (χ0n) is 10.8. The molecule has 3 nitrogen and oxygen atoms in total. The van der Waals surface area contributed by atoms with E-state index in [4.69, 9.17) is 9.47 Å². The summed E-state index contributed by atoms with van der Waals surface area (Å²) in [5, 5.41) is 0. The van der Waals surface area contributed by atoms with Gasteiger partial charge in [-0.15, -0.1) is 0 Å². The molecule has 0 saturated carbocycles. The minimum absolute atomic E-state index is 0.0544. The summed E-state index contributed by atoms with van der Waals surface area (Å²) in [6.45, 7) is 0. The van der Waals surface area contributed by atoms with Crippen LogP contribution in [0.4, 0.5) is 4.39 Å². The van der Waals surface area contributed by atoms with Gasteiger partial charge in [0.15, 0.2) is 0 Å². The highest BCUT2D eigenvalue weighted by Gasteiger charge is 2.47. The van der Waals surface area contributed by atoms with Gasteiger partial charge in [0, 0.05) is 5.92 Å². The molecule has 19 heavy (non-hydrogen) atoms. The number of halogens is 1. The van der Waals surface area contributed by atoms with Crippen molar-refractivity contribution in [3.05, 3.63) is 35.6 Å². The lowest BCUT2D eigenvalue weighted by Crippen LogP contribution is -2.39. The average Bonchev–Trinajstić information content (AvgIpc) is 2.80. The Hall–Kier alpha value is -1.42. The zero-order valence-corrected chi connectivity index (χ0v) is 10.8. The molecule has 1 aromatic carbocycles. The first-order valence-electron chi connectivity index (χ1n) is 6.68. The van der Waals surface area contributed by atoms with Gasteiger partial charge in [0.2, 0.25) is 0 Å². The summed E-state index contributed by atoms with van der Waals surface area (Å²) in [6, 6.07) is 6.42. The van der Waals surface area contributed by atoms with E-state index in [9.17, 15) is 9.18 Å². The molecule has 0 aliphatic carbocycles. The molecule has 0 N–H and O–H groups in total. The maximum atomic E-state index is 13.0. The van der Waals surface area contributed by atoms with E-state index in [0.717, 1.165) is 24.8 Å². The number of carbonyl (C=O) groups excluding carboxylic acids is 1. The van der Waals surface area contributed by atoms with Gasteiger partial charge in [-0.3, -0.25) is 4.79 Å². The number of rotatable bonds is 2. The third kappa shape index (κ3) is 2.25. The molecule has 3 rings (SSSR count). The Labute approximate surface area is 111 Å². The lowest BCUT2D eigenvalue weighted by atomic mass is 9.79. The third-order valence-corrected chi connectivity index (χ3v) is 4.26. The predicted octanol–water partition coefficient (Wildman–Crippen LogP) is 2.65. The maximum absolute atomic E-state index is 13.0. The highest BCUT2D eigenvalue weighted by Crippen LogP contribution is 2.45. The van der Waals surface area contributed by atoms with Crippen molar-refractivity contribution in [1.29, 1.82) is 0 Å². The van der Waals surface area contributed by atoms with E-state index in [1.807, 2.05) is 0 Å². The summed E-state index contributed by atoms with van der Waals surface area (Å²) < 4.78 is 23.8. The van der Waals surface area contributed by atoms with Crippen molar-refractivity contribution in [2.45, 2.75) is 37.4 Å². The first kappa shape index (κ1) is 12.6. The molecule has 2 heterocycles. The second-order valence-electron chi connectivity index (χ2n) is 5.32. The van der Waals surface area contributed by atoms with Crippen LogP contribution in [0.25, 0.3) is 0 Å². The highest BCUT2D eigenvalue weighted by molar-refractivity contribution is 5.74. The molecule has 2 aliphatic rings. The Morgan fingerprint density at radius 1 is 1.32 bits per heavy atom. The maximum Gasteiger partial charge on any atom is 0.311 e. The van der Waals surface area contributed by atoms with Crippen molar-refractivity contribution in [2.24, 2.45) is 5.92 Å². The Balaban J connectivity index is 1.92. The van der Waals surface area contributed by atoms with Crippen LogP contribution in [0.5, 0.6) is 0 Å². The molecule has 0 radical (unpaired) electrons. The molecule has 1 aromatic rings. The van der Waals surface area contributed by atoms with Crippen molar-refractivity contribution in [2.75, 3.05) is 7.11 Å². The van der Waals surface area contributed by atoms with Gasteiger partial charge in [-0.05, 0) is 37.0 Å². The minimum atomic E-state index is -0.269. The molecule has 1 unspecified atom stereocenters. The number of methoxy groups -OCH3 is 1. The van der Waals surface area contributed by atoms with Crippen molar-refractivity contribution in [3.63, 3.8) is 0 Å². The van der Waals surface area contributed by atoms with Crippen molar-refractivity contribution in [1.82, 2.24) is 0 Å². The van der Waals surface area contributed by atoms with Gasteiger partial charge in [-0.2, -0.15) is 0 Å². The number of carbonyl (C=O) groups is 1. The van der Waals surface area contributed by atoms with Crippen molar-refractivity contribution < 1.29 is 18.7 Å². The van der Waals surface area contributed by atoms with Gasteiger partial charge < -0.3 is 9.47 Å². The van der Waals surface area contributed by atoms with Crippen LogP contribution in [-0.2, 0) is 14.3 Å². The molecule has 0 aromatic heterocycles. The Morgan fingerprint density at radius 2 is 2.05 bits per heavy atom. The highest BCUT2D eigenvalue weighted by atomic mass is 19.1. The number of fused-ring (bicyclic) bond motifs is 2. The molecule has 4 atom stereocenters. The topological polar surface area (TPSA) is 35.5 Å². The molecule has 2 bridgehead atoms. The molecule has 0 spiro atoms. The first-order valence-corrected chi connectivity index (χ1v) is 6.68. The summed E-state index contributed by atoms with van der Waals surface area (Å²) in [5.41, 5.74) is 0.997. The van der Waals surface area contributed by atoms with Gasteiger partial charge in [0.05, 0.1) is 25.2 Å². The third-order valence-electron chi connectivity index (χ3n) is 4.26. The fraction of sp³-hybridized carbons (Fsp3) is 0.533. The lowest BCUT2D eigenvalue weighted by molar-refractivity contribution is -0.156. The SMILES string of the molecule is COC(=O)[C@@H]1[C@@H]2CCC(C[C@@H]1c1ccc(F)cc1)O2. The van der Waals surface area contributed by atoms with E-state index >= 15 is 0 Å². The van der Waals surface area contributed by atoms with Gasteiger partial charge in [0.1, 0.15) is 5.82 Å². The molecule has 4 heteroatoms. The van der Waals surface area contributed by atoms with E-state index in [2.05, 4.69) is 0 Å². The van der Waals surface area contributed by atoms with Crippen LogP contribution in [0.1, 0.15) is 30.7 Å². The molecule has 102 valence electrons. The predicted molar refractivity (Wildman–Crippen MR) is 67.2 cm³/mol. The largest absolute Gasteiger partial charge is 0.469 e. The zero-order chi connectivity index (χ0) is 13.4. The molecular weight excluding hydrogens is 247 g/mol. The smallest absolute Gasteiger partial charge is 0.311 e. The van der Waals surface area contributed by atoms with Crippen LogP contribution < -0.4 is 0 Å². The number of ether oxygens (including phenoxy) is 2. The second-order valence-corrected chi connectivity index (χ2v) is 5.32. The fourth-order valence-corrected chi connectivity index (χ4v) is 3.37. The molecule has 2 aliphatic heterocycles. The van der Waals surface area contributed by atoms with E-state index in [-0.39, 0.29) is 35.8 Å². The van der Waals surface area contributed by atoms with Crippen LogP contribution in [0.2, 0.25) is 0 Å². The number of esters is 1. The van der Waals surface area contributed by atoms with Gasteiger partial charge in [-0.25, -0.2) is 4.39 Å².